The van der Waals surface area contributed by atoms with E-state index in [-0.39, 0.29) is 0 Å². The summed E-state index contributed by atoms with van der Waals surface area (Å²) in [5, 5.41) is 13.2. The molecular weight excluding hydrogens is 202 g/mol. The lowest BCUT2D eigenvalue weighted by molar-refractivity contribution is 0.145. The van der Waals surface area contributed by atoms with Crippen LogP contribution in [0.2, 0.25) is 0 Å². The third-order valence-electron chi connectivity index (χ3n) is 3.45. The van der Waals surface area contributed by atoms with Crippen molar-refractivity contribution in [3.8, 4) is 0 Å². The molecule has 90 valence electrons. The summed E-state index contributed by atoms with van der Waals surface area (Å²) < 4.78 is 5.15. The third kappa shape index (κ3) is 2.86. The van der Waals surface area contributed by atoms with Crippen LogP contribution in [0.3, 0.4) is 0 Å². The van der Waals surface area contributed by atoms with Crippen molar-refractivity contribution in [2.75, 3.05) is 13.1 Å². The molecular formula is C13H21NO2. The van der Waals surface area contributed by atoms with Crippen LogP contribution in [0.4, 0.5) is 0 Å². The highest BCUT2D eigenvalue weighted by Crippen LogP contribution is 2.48. The highest BCUT2D eigenvalue weighted by atomic mass is 16.4. The minimum Gasteiger partial charge on any atom is -0.467 e. The summed E-state index contributed by atoms with van der Waals surface area (Å²) in [6.45, 7) is 3.84. The van der Waals surface area contributed by atoms with Crippen molar-refractivity contribution in [3.05, 3.63) is 24.2 Å². The Kier molecular flexibility index (Phi) is 3.66. The normalized spacial score (nSPS) is 19.6. The lowest BCUT2D eigenvalue weighted by Crippen LogP contribution is -2.28. The van der Waals surface area contributed by atoms with Crippen molar-refractivity contribution < 1.29 is 9.52 Å². The van der Waals surface area contributed by atoms with Gasteiger partial charge in [0.2, 0.25) is 0 Å². The second-order valence-corrected chi connectivity index (χ2v) is 4.91. The molecule has 1 aromatic heterocycles. The van der Waals surface area contributed by atoms with Crippen LogP contribution in [0.5, 0.6) is 0 Å². The molecule has 0 amide bonds. The first-order chi connectivity index (χ1) is 7.76. The monoisotopic (exact) mass is 223 g/mol. The number of aliphatic hydroxyl groups is 1. The van der Waals surface area contributed by atoms with Crippen LogP contribution >= 0.6 is 0 Å². The van der Waals surface area contributed by atoms with Gasteiger partial charge in [-0.15, -0.1) is 0 Å². The molecule has 1 atom stereocenters. The molecule has 1 unspecified atom stereocenters. The highest BCUT2D eigenvalue weighted by molar-refractivity contribution is 5.02. The number of hydrogen-bond acceptors (Lipinski definition) is 3. The van der Waals surface area contributed by atoms with Gasteiger partial charge in [0.1, 0.15) is 11.9 Å². The van der Waals surface area contributed by atoms with Gasteiger partial charge in [0.25, 0.3) is 0 Å². The molecule has 1 aliphatic rings. The minimum absolute atomic E-state index is 0.521. The smallest absolute Gasteiger partial charge is 0.133 e. The number of rotatable bonds is 7. The molecule has 1 aliphatic carbocycles. The Morgan fingerprint density at radius 1 is 1.56 bits per heavy atom. The van der Waals surface area contributed by atoms with E-state index in [1.165, 1.54) is 25.7 Å². The molecule has 3 heteroatoms. The van der Waals surface area contributed by atoms with Crippen LogP contribution in [0.1, 0.15) is 44.5 Å². The highest BCUT2D eigenvalue weighted by Gasteiger charge is 2.40. The van der Waals surface area contributed by atoms with Gasteiger partial charge in [0.15, 0.2) is 0 Å². The predicted molar refractivity (Wildman–Crippen MR) is 63.1 cm³/mol. The molecule has 0 aliphatic heterocycles. The first-order valence-corrected chi connectivity index (χ1v) is 6.18. The van der Waals surface area contributed by atoms with Crippen molar-refractivity contribution in [2.24, 2.45) is 5.41 Å². The maximum Gasteiger partial charge on any atom is 0.133 e. The molecule has 0 aromatic carbocycles. The van der Waals surface area contributed by atoms with Crippen molar-refractivity contribution in [1.29, 1.82) is 0 Å². The van der Waals surface area contributed by atoms with E-state index < -0.39 is 6.10 Å². The second kappa shape index (κ2) is 5.02. The quantitative estimate of drug-likeness (QED) is 0.746. The van der Waals surface area contributed by atoms with Gasteiger partial charge in [-0.3, -0.25) is 0 Å². The van der Waals surface area contributed by atoms with Crippen LogP contribution < -0.4 is 5.32 Å². The maximum absolute atomic E-state index is 9.80. The van der Waals surface area contributed by atoms with Crippen LogP contribution in [0, 0.1) is 5.41 Å². The van der Waals surface area contributed by atoms with Crippen molar-refractivity contribution in [2.45, 2.75) is 38.7 Å². The summed E-state index contributed by atoms with van der Waals surface area (Å²) in [6.07, 6.45) is 6.31. The molecule has 0 saturated heterocycles. The molecule has 0 bridgehead atoms. The van der Waals surface area contributed by atoms with E-state index >= 15 is 0 Å². The summed E-state index contributed by atoms with van der Waals surface area (Å²) in [4.78, 5) is 0. The molecule has 0 radical (unpaired) electrons. The number of hydrogen-bond donors (Lipinski definition) is 2. The Labute approximate surface area is 96.8 Å². The summed E-state index contributed by atoms with van der Waals surface area (Å²) in [5.74, 6) is 0.646. The maximum atomic E-state index is 9.80. The molecule has 3 nitrogen and oxygen atoms in total. The molecule has 0 spiro atoms. The summed E-state index contributed by atoms with van der Waals surface area (Å²) in [7, 11) is 0. The average molecular weight is 223 g/mol. The van der Waals surface area contributed by atoms with E-state index in [0.29, 0.717) is 17.7 Å². The lowest BCUT2D eigenvalue weighted by atomic mass is 10.0. The summed E-state index contributed by atoms with van der Waals surface area (Å²) in [6, 6.07) is 3.61. The number of furan rings is 1. The van der Waals surface area contributed by atoms with Crippen molar-refractivity contribution >= 4 is 0 Å². The fourth-order valence-electron chi connectivity index (χ4n) is 2.28. The zero-order valence-corrected chi connectivity index (χ0v) is 9.91. The molecule has 1 heterocycles. The molecule has 16 heavy (non-hydrogen) atoms. The van der Waals surface area contributed by atoms with Crippen LogP contribution in [0.15, 0.2) is 22.8 Å². The Morgan fingerprint density at radius 3 is 2.94 bits per heavy atom. The largest absolute Gasteiger partial charge is 0.467 e. The van der Waals surface area contributed by atoms with Gasteiger partial charge >= 0.3 is 0 Å². The van der Waals surface area contributed by atoms with Gasteiger partial charge < -0.3 is 14.8 Å². The van der Waals surface area contributed by atoms with Gasteiger partial charge in [-0.05, 0) is 36.8 Å². The number of nitrogens with one attached hydrogen (secondary N) is 1. The summed E-state index contributed by atoms with van der Waals surface area (Å²) in [5.41, 5.74) is 0.539. The van der Waals surface area contributed by atoms with E-state index in [2.05, 4.69) is 12.2 Å². The van der Waals surface area contributed by atoms with Gasteiger partial charge in [-0.1, -0.05) is 13.3 Å². The van der Waals surface area contributed by atoms with Crippen molar-refractivity contribution in [1.82, 2.24) is 5.32 Å². The Morgan fingerprint density at radius 2 is 2.38 bits per heavy atom. The fraction of sp³-hybridized carbons (Fsp3) is 0.692. The summed E-state index contributed by atoms with van der Waals surface area (Å²) >= 11 is 0. The molecule has 1 fully saturated rings. The Hall–Kier alpha value is -0.800. The van der Waals surface area contributed by atoms with E-state index in [4.69, 9.17) is 4.42 Å². The number of aliphatic hydroxyl groups excluding tert-OH is 1. The topological polar surface area (TPSA) is 45.4 Å². The average Bonchev–Trinajstić information content (AvgIpc) is 2.83. The van der Waals surface area contributed by atoms with Crippen LogP contribution in [-0.4, -0.2) is 18.2 Å². The third-order valence-corrected chi connectivity index (χ3v) is 3.45. The zero-order valence-electron chi connectivity index (χ0n) is 9.91. The SMILES string of the molecule is CCCC1(CNCC(O)c2ccco2)CC1. The van der Waals surface area contributed by atoms with E-state index in [1.807, 2.05) is 6.07 Å². The zero-order chi connectivity index (χ0) is 11.4. The Bertz CT molecular complexity index is 304. The van der Waals surface area contributed by atoms with E-state index in [9.17, 15) is 5.11 Å². The molecule has 1 aromatic rings. The first kappa shape index (κ1) is 11.7. The first-order valence-electron chi connectivity index (χ1n) is 6.18. The molecule has 2 N–H and O–H groups in total. The minimum atomic E-state index is -0.521. The van der Waals surface area contributed by atoms with Crippen molar-refractivity contribution in [3.63, 3.8) is 0 Å². The van der Waals surface area contributed by atoms with Gasteiger partial charge in [-0.25, -0.2) is 0 Å². The van der Waals surface area contributed by atoms with Gasteiger partial charge in [0.05, 0.1) is 6.26 Å². The fourth-order valence-corrected chi connectivity index (χ4v) is 2.28. The standard InChI is InChI=1S/C13H21NO2/c1-2-5-13(6-7-13)10-14-9-11(15)12-4-3-8-16-12/h3-4,8,11,14-15H,2,5-7,9-10H2,1H3. The van der Waals surface area contributed by atoms with E-state index in [1.54, 1.807) is 12.3 Å². The Balaban J connectivity index is 1.68. The predicted octanol–water partition coefficient (Wildman–Crippen LogP) is 2.48. The van der Waals surface area contributed by atoms with Crippen LogP contribution in [0.25, 0.3) is 0 Å². The lowest BCUT2D eigenvalue weighted by Gasteiger charge is -2.16. The van der Waals surface area contributed by atoms with Gasteiger partial charge in [-0.2, -0.15) is 0 Å². The van der Waals surface area contributed by atoms with Crippen LogP contribution in [-0.2, 0) is 0 Å². The van der Waals surface area contributed by atoms with E-state index in [0.717, 1.165) is 6.54 Å². The molecule has 1 saturated carbocycles. The second-order valence-electron chi connectivity index (χ2n) is 4.91. The van der Waals surface area contributed by atoms with Gasteiger partial charge in [0, 0.05) is 13.1 Å². The molecule has 2 rings (SSSR count).